The van der Waals surface area contributed by atoms with Gasteiger partial charge in [-0.05, 0) is 12.1 Å². The fourth-order valence-electron chi connectivity index (χ4n) is 1.07. The van der Waals surface area contributed by atoms with Crippen molar-refractivity contribution < 1.29 is 27.6 Å². The maximum absolute atomic E-state index is 11.5. The number of isocyanates is 2. The molecule has 0 atom stereocenters. The quantitative estimate of drug-likeness (QED) is 0.331. The van der Waals surface area contributed by atoms with Gasteiger partial charge in [-0.25, -0.2) is 14.4 Å². The van der Waals surface area contributed by atoms with Gasteiger partial charge in [0.25, 0.3) is 22.2 Å². The second kappa shape index (κ2) is 5.65. The third-order valence-electron chi connectivity index (χ3n) is 1.71. The third kappa shape index (κ3) is 2.96. The Kier molecular flexibility index (Phi) is 4.22. The molecule has 0 saturated heterocycles. The largest absolute Gasteiger partial charge is 0.368 e. The molecule has 0 spiro atoms. The number of hydrogen-bond donors (Lipinski definition) is 0. The summed E-state index contributed by atoms with van der Waals surface area (Å²) in [5.74, 6) is -1.20. The monoisotopic (exact) mass is 268 g/mol. The van der Waals surface area contributed by atoms with Crippen molar-refractivity contribution in [2.24, 2.45) is 9.55 Å². The van der Waals surface area contributed by atoms with Crippen LogP contribution >= 0.6 is 0 Å². The summed E-state index contributed by atoms with van der Waals surface area (Å²) in [6, 6.07) is 4.81. The zero-order valence-electron chi connectivity index (χ0n) is 8.56. The molecule has 0 N–H and O–H groups in total. The van der Waals surface area contributed by atoms with Crippen LogP contribution in [0.4, 0.5) is 0 Å². The van der Waals surface area contributed by atoms with E-state index >= 15 is 0 Å². The Morgan fingerprint density at radius 1 is 1.17 bits per heavy atom. The second-order valence-corrected chi connectivity index (χ2v) is 4.29. The van der Waals surface area contributed by atoms with Crippen molar-refractivity contribution in [2.75, 3.05) is 0 Å². The summed E-state index contributed by atoms with van der Waals surface area (Å²) < 4.78 is 25.6. The van der Waals surface area contributed by atoms with Crippen LogP contribution in [0.1, 0.15) is 10.4 Å². The van der Waals surface area contributed by atoms with Gasteiger partial charge in [-0.1, -0.05) is 16.5 Å². The minimum atomic E-state index is -4.35. The Balaban J connectivity index is 3.35. The van der Waals surface area contributed by atoms with E-state index in [2.05, 4.69) is 14.4 Å². The first-order chi connectivity index (χ1) is 8.53. The summed E-state index contributed by atoms with van der Waals surface area (Å²) in [7, 11) is -4.35. The molecule has 0 unspecified atom stereocenters. The summed E-state index contributed by atoms with van der Waals surface area (Å²) in [4.78, 5) is 34.6. The molecule has 0 aliphatic rings. The number of sulfonamides is 1. The van der Waals surface area contributed by atoms with Crippen LogP contribution in [0.15, 0.2) is 38.7 Å². The van der Waals surface area contributed by atoms with Crippen LogP contribution < -0.4 is 0 Å². The van der Waals surface area contributed by atoms with Gasteiger partial charge in [0.1, 0.15) is 4.90 Å². The zero-order valence-corrected chi connectivity index (χ0v) is 9.38. The molecule has 0 saturated carbocycles. The maximum Gasteiger partial charge on any atom is 0.368 e. The molecule has 0 fully saturated rings. The predicted molar refractivity (Wildman–Crippen MR) is 55.3 cm³/mol. The van der Waals surface area contributed by atoms with Gasteiger partial charge in [0.05, 0.1) is 5.56 Å². The zero-order chi connectivity index (χ0) is 13.6. The SMILES string of the molecule is O=C=NOC(=O)c1ccccc1S(=O)(=O)N=C=O. The van der Waals surface area contributed by atoms with E-state index in [-0.39, 0.29) is 0 Å². The van der Waals surface area contributed by atoms with Crippen molar-refractivity contribution in [3.05, 3.63) is 29.8 Å². The first-order valence-corrected chi connectivity index (χ1v) is 5.68. The van der Waals surface area contributed by atoms with Gasteiger partial charge in [-0.15, -0.1) is 0 Å². The van der Waals surface area contributed by atoms with E-state index < -0.39 is 26.5 Å². The number of carbonyl (C=O) groups excluding carboxylic acids is 3. The highest BCUT2D eigenvalue weighted by atomic mass is 32.2. The van der Waals surface area contributed by atoms with Gasteiger partial charge in [-0.2, -0.15) is 8.42 Å². The molecule has 0 aromatic heterocycles. The molecule has 0 heterocycles. The summed E-state index contributed by atoms with van der Waals surface area (Å²) in [5.41, 5.74) is -0.421. The van der Waals surface area contributed by atoms with Crippen molar-refractivity contribution in [2.45, 2.75) is 4.90 Å². The lowest BCUT2D eigenvalue weighted by Crippen LogP contribution is -2.08. The Morgan fingerprint density at radius 3 is 2.44 bits per heavy atom. The van der Waals surface area contributed by atoms with Crippen molar-refractivity contribution in [1.29, 1.82) is 0 Å². The Bertz CT molecular complexity index is 668. The van der Waals surface area contributed by atoms with Crippen molar-refractivity contribution in [1.82, 2.24) is 0 Å². The average Bonchev–Trinajstić information content (AvgIpc) is 2.36. The van der Waals surface area contributed by atoms with E-state index in [1.807, 2.05) is 0 Å². The van der Waals surface area contributed by atoms with Crippen LogP contribution in [0, 0.1) is 0 Å². The van der Waals surface area contributed by atoms with Gasteiger partial charge in [0, 0.05) is 5.16 Å². The highest BCUT2D eigenvalue weighted by Crippen LogP contribution is 2.18. The fraction of sp³-hybridized carbons (Fsp3) is 0. The van der Waals surface area contributed by atoms with Crippen molar-refractivity contribution in [3.8, 4) is 0 Å². The molecule has 0 aliphatic carbocycles. The smallest absolute Gasteiger partial charge is 0.301 e. The summed E-state index contributed by atoms with van der Waals surface area (Å²) >= 11 is 0. The molecular weight excluding hydrogens is 264 g/mol. The minimum absolute atomic E-state index is 0.421. The Labute approximate surface area is 101 Å². The first kappa shape index (κ1) is 13.5. The van der Waals surface area contributed by atoms with E-state index in [0.717, 1.165) is 24.3 Å². The second-order valence-electron chi connectivity index (χ2n) is 2.72. The molecule has 9 heteroatoms. The van der Waals surface area contributed by atoms with Crippen LogP contribution in [0.2, 0.25) is 0 Å². The van der Waals surface area contributed by atoms with Crippen LogP contribution in [-0.2, 0) is 24.4 Å². The van der Waals surface area contributed by atoms with Crippen molar-refractivity contribution >= 4 is 28.2 Å². The summed E-state index contributed by atoms with van der Waals surface area (Å²) in [6.45, 7) is 0. The number of benzene rings is 1. The van der Waals surface area contributed by atoms with Gasteiger partial charge in [0.15, 0.2) is 0 Å². The summed E-state index contributed by atoms with van der Waals surface area (Å²) in [6.07, 6.45) is 1.81. The Hall–Kier alpha value is -2.60. The number of nitrogens with zero attached hydrogens (tertiary/aromatic N) is 2. The predicted octanol–water partition coefficient (Wildman–Crippen LogP) is 0.119. The van der Waals surface area contributed by atoms with E-state index in [0.29, 0.717) is 0 Å². The maximum atomic E-state index is 11.5. The van der Waals surface area contributed by atoms with E-state index in [1.165, 1.54) is 12.1 Å². The normalized spacial score (nSPS) is 9.78. The molecule has 92 valence electrons. The van der Waals surface area contributed by atoms with Crippen LogP contribution in [0.25, 0.3) is 0 Å². The van der Waals surface area contributed by atoms with Crippen LogP contribution in [-0.4, -0.2) is 26.5 Å². The molecule has 0 amide bonds. The van der Waals surface area contributed by atoms with Gasteiger partial charge in [0.2, 0.25) is 0 Å². The lowest BCUT2D eigenvalue weighted by atomic mass is 10.2. The van der Waals surface area contributed by atoms with Gasteiger partial charge in [-0.3, -0.25) is 0 Å². The molecule has 1 aromatic carbocycles. The van der Waals surface area contributed by atoms with Crippen molar-refractivity contribution in [3.63, 3.8) is 0 Å². The molecular formula is C9H4N2O6S. The Morgan fingerprint density at radius 2 is 1.83 bits per heavy atom. The van der Waals surface area contributed by atoms with Gasteiger partial charge < -0.3 is 4.84 Å². The molecule has 8 nitrogen and oxygen atoms in total. The molecule has 1 rings (SSSR count). The number of carbonyl (C=O) groups is 1. The molecule has 0 bridgehead atoms. The molecule has 18 heavy (non-hydrogen) atoms. The lowest BCUT2D eigenvalue weighted by molar-refractivity contribution is 0.0511. The van der Waals surface area contributed by atoms with E-state index in [1.54, 1.807) is 0 Å². The highest BCUT2D eigenvalue weighted by molar-refractivity contribution is 7.90. The third-order valence-corrected chi connectivity index (χ3v) is 2.93. The molecule has 1 aromatic rings. The lowest BCUT2D eigenvalue weighted by Gasteiger charge is -2.02. The van der Waals surface area contributed by atoms with Crippen LogP contribution in [0.5, 0.6) is 0 Å². The summed E-state index contributed by atoms with van der Waals surface area (Å²) in [5, 5.41) is 2.56. The topological polar surface area (TPSA) is 119 Å². The fourth-order valence-corrected chi connectivity index (χ4v) is 1.94. The van der Waals surface area contributed by atoms with Crippen LogP contribution in [0.3, 0.4) is 0 Å². The highest BCUT2D eigenvalue weighted by Gasteiger charge is 2.22. The first-order valence-electron chi connectivity index (χ1n) is 4.24. The standard InChI is InChI=1S/C9H4N2O6S/c12-5-10-17-9(14)7-3-1-2-4-8(7)18(15,16)11-6-13/h1-4H. The number of rotatable bonds is 4. The van der Waals surface area contributed by atoms with E-state index in [4.69, 9.17) is 0 Å². The van der Waals surface area contributed by atoms with E-state index in [9.17, 15) is 22.8 Å². The van der Waals surface area contributed by atoms with Gasteiger partial charge >= 0.3 is 5.97 Å². The minimum Gasteiger partial charge on any atom is -0.301 e. The molecule has 0 radical (unpaired) electrons. The molecule has 0 aliphatic heterocycles. The number of hydrogen-bond acceptors (Lipinski definition) is 7. The average molecular weight is 268 g/mol.